The van der Waals surface area contributed by atoms with Gasteiger partial charge in [-0.05, 0) is 52.6 Å². The predicted molar refractivity (Wildman–Crippen MR) is 77.9 cm³/mol. The standard InChI is InChI=1S/C15H32N2O/c1-5-7-13(3)17(4)14-8-9-15(11-14,12-18)16-10-6-2/h13-14,16,18H,5-12H2,1-4H3. The Labute approximate surface area is 113 Å². The molecule has 1 aliphatic rings. The third-order valence-corrected chi connectivity index (χ3v) is 4.61. The van der Waals surface area contributed by atoms with Gasteiger partial charge < -0.3 is 15.3 Å². The van der Waals surface area contributed by atoms with Gasteiger partial charge in [0.15, 0.2) is 0 Å². The second kappa shape index (κ2) is 7.46. The maximum atomic E-state index is 9.70. The Morgan fingerprint density at radius 2 is 2.11 bits per heavy atom. The summed E-state index contributed by atoms with van der Waals surface area (Å²) in [5, 5.41) is 13.3. The van der Waals surface area contributed by atoms with Crippen molar-refractivity contribution in [2.24, 2.45) is 0 Å². The average molecular weight is 256 g/mol. The normalized spacial score (nSPS) is 30.0. The number of nitrogens with zero attached hydrogens (tertiary/aromatic N) is 1. The van der Waals surface area contributed by atoms with Crippen LogP contribution in [0.1, 0.15) is 59.3 Å². The first kappa shape index (κ1) is 15.9. The molecule has 1 fully saturated rings. The van der Waals surface area contributed by atoms with Gasteiger partial charge in [-0.2, -0.15) is 0 Å². The Balaban J connectivity index is 2.52. The SMILES string of the molecule is CCCNC1(CO)CCC(N(C)C(C)CCC)C1. The summed E-state index contributed by atoms with van der Waals surface area (Å²) >= 11 is 0. The van der Waals surface area contributed by atoms with Crippen LogP contribution in [0, 0.1) is 0 Å². The minimum Gasteiger partial charge on any atom is -0.394 e. The number of rotatable bonds is 8. The highest BCUT2D eigenvalue weighted by molar-refractivity contribution is 4.99. The van der Waals surface area contributed by atoms with Crippen LogP contribution in [0.4, 0.5) is 0 Å². The van der Waals surface area contributed by atoms with Crippen LogP contribution in [-0.4, -0.2) is 47.8 Å². The Hall–Kier alpha value is -0.120. The average Bonchev–Trinajstić information content (AvgIpc) is 2.81. The lowest BCUT2D eigenvalue weighted by molar-refractivity contribution is 0.135. The first-order chi connectivity index (χ1) is 8.58. The van der Waals surface area contributed by atoms with Gasteiger partial charge in [0.2, 0.25) is 0 Å². The highest BCUT2D eigenvalue weighted by atomic mass is 16.3. The zero-order valence-electron chi connectivity index (χ0n) is 12.7. The van der Waals surface area contributed by atoms with Crippen molar-refractivity contribution in [3.8, 4) is 0 Å². The molecule has 18 heavy (non-hydrogen) atoms. The van der Waals surface area contributed by atoms with Crippen molar-refractivity contribution >= 4 is 0 Å². The molecule has 0 heterocycles. The number of nitrogens with one attached hydrogen (secondary N) is 1. The van der Waals surface area contributed by atoms with Gasteiger partial charge in [-0.1, -0.05) is 20.3 Å². The number of hydrogen-bond acceptors (Lipinski definition) is 3. The Bertz CT molecular complexity index is 235. The molecule has 1 saturated carbocycles. The van der Waals surface area contributed by atoms with Crippen LogP contribution in [0.2, 0.25) is 0 Å². The quantitative estimate of drug-likeness (QED) is 0.700. The molecule has 3 nitrogen and oxygen atoms in total. The number of hydrogen-bond donors (Lipinski definition) is 2. The Kier molecular flexibility index (Phi) is 6.61. The van der Waals surface area contributed by atoms with E-state index >= 15 is 0 Å². The summed E-state index contributed by atoms with van der Waals surface area (Å²) in [5.41, 5.74) is -0.0130. The molecule has 1 aliphatic carbocycles. The van der Waals surface area contributed by atoms with Crippen molar-refractivity contribution in [3.05, 3.63) is 0 Å². The molecule has 3 unspecified atom stereocenters. The van der Waals surface area contributed by atoms with E-state index in [0.29, 0.717) is 12.1 Å². The summed E-state index contributed by atoms with van der Waals surface area (Å²) in [5.74, 6) is 0. The first-order valence-electron chi connectivity index (χ1n) is 7.66. The van der Waals surface area contributed by atoms with Gasteiger partial charge >= 0.3 is 0 Å². The molecule has 0 amide bonds. The molecule has 0 spiro atoms. The third-order valence-electron chi connectivity index (χ3n) is 4.61. The molecule has 0 aliphatic heterocycles. The van der Waals surface area contributed by atoms with E-state index in [1.165, 1.54) is 19.3 Å². The van der Waals surface area contributed by atoms with Gasteiger partial charge in [-0.15, -0.1) is 0 Å². The van der Waals surface area contributed by atoms with Crippen LogP contribution in [-0.2, 0) is 0 Å². The lowest BCUT2D eigenvalue weighted by atomic mass is 9.97. The fraction of sp³-hybridized carbons (Fsp3) is 1.00. The monoisotopic (exact) mass is 256 g/mol. The topological polar surface area (TPSA) is 35.5 Å². The minimum atomic E-state index is -0.0130. The molecule has 1 rings (SSSR count). The Morgan fingerprint density at radius 3 is 2.67 bits per heavy atom. The summed E-state index contributed by atoms with van der Waals surface area (Å²) in [6.07, 6.45) is 7.06. The second-order valence-corrected chi connectivity index (χ2v) is 6.07. The van der Waals surface area contributed by atoms with Crippen LogP contribution in [0.25, 0.3) is 0 Å². The van der Waals surface area contributed by atoms with Crippen molar-refractivity contribution in [2.45, 2.75) is 76.9 Å². The molecule has 0 aromatic rings. The van der Waals surface area contributed by atoms with Gasteiger partial charge in [0.1, 0.15) is 0 Å². The van der Waals surface area contributed by atoms with Crippen molar-refractivity contribution in [1.82, 2.24) is 10.2 Å². The fourth-order valence-electron chi connectivity index (χ4n) is 3.18. The zero-order valence-corrected chi connectivity index (χ0v) is 12.7. The molecular formula is C15H32N2O. The van der Waals surface area contributed by atoms with Gasteiger partial charge in [-0.25, -0.2) is 0 Å². The molecule has 0 aromatic heterocycles. The van der Waals surface area contributed by atoms with Crippen molar-refractivity contribution in [2.75, 3.05) is 20.2 Å². The second-order valence-electron chi connectivity index (χ2n) is 6.07. The van der Waals surface area contributed by atoms with E-state index in [1.807, 2.05) is 0 Å². The van der Waals surface area contributed by atoms with Crippen molar-refractivity contribution < 1.29 is 5.11 Å². The van der Waals surface area contributed by atoms with Crippen molar-refractivity contribution in [1.29, 1.82) is 0 Å². The number of aliphatic hydroxyl groups is 1. The van der Waals surface area contributed by atoms with E-state index in [2.05, 4.69) is 38.0 Å². The van der Waals surface area contributed by atoms with Crippen LogP contribution >= 0.6 is 0 Å². The molecular weight excluding hydrogens is 224 g/mol. The first-order valence-corrected chi connectivity index (χ1v) is 7.66. The Morgan fingerprint density at radius 1 is 1.39 bits per heavy atom. The molecule has 0 saturated heterocycles. The lowest BCUT2D eigenvalue weighted by Gasteiger charge is -2.33. The molecule has 0 radical (unpaired) electrons. The van der Waals surface area contributed by atoms with E-state index in [1.54, 1.807) is 0 Å². The largest absolute Gasteiger partial charge is 0.394 e. The highest BCUT2D eigenvalue weighted by Gasteiger charge is 2.40. The smallest absolute Gasteiger partial charge is 0.0613 e. The molecule has 0 aromatic carbocycles. The summed E-state index contributed by atoms with van der Waals surface area (Å²) in [4.78, 5) is 2.52. The van der Waals surface area contributed by atoms with E-state index in [4.69, 9.17) is 0 Å². The molecule has 108 valence electrons. The molecule has 0 bridgehead atoms. The van der Waals surface area contributed by atoms with Crippen LogP contribution in [0.5, 0.6) is 0 Å². The van der Waals surface area contributed by atoms with Gasteiger partial charge in [0.05, 0.1) is 6.61 Å². The van der Waals surface area contributed by atoms with Gasteiger partial charge in [0.25, 0.3) is 0 Å². The fourth-order valence-corrected chi connectivity index (χ4v) is 3.18. The van der Waals surface area contributed by atoms with E-state index < -0.39 is 0 Å². The molecule has 2 N–H and O–H groups in total. The highest BCUT2D eigenvalue weighted by Crippen LogP contribution is 2.33. The molecule has 3 heteroatoms. The predicted octanol–water partition coefficient (Wildman–Crippen LogP) is 2.39. The zero-order chi connectivity index (χ0) is 13.6. The van der Waals surface area contributed by atoms with Crippen LogP contribution in [0.15, 0.2) is 0 Å². The van der Waals surface area contributed by atoms with Gasteiger partial charge in [0, 0.05) is 17.6 Å². The van der Waals surface area contributed by atoms with Crippen LogP contribution in [0.3, 0.4) is 0 Å². The van der Waals surface area contributed by atoms with Crippen molar-refractivity contribution in [3.63, 3.8) is 0 Å². The minimum absolute atomic E-state index is 0.0130. The van der Waals surface area contributed by atoms with Crippen LogP contribution < -0.4 is 5.32 Å². The maximum Gasteiger partial charge on any atom is 0.0613 e. The number of aliphatic hydroxyl groups excluding tert-OH is 1. The summed E-state index contributed by atoms with van der Waals surface area (Å²) < 4.78 is 0. The van der Waals surface area contributed by atoms with E-state index in [0.717, 1.165) is 25.8 Å². The lowest BCUT2D eigenvalue weighted by Crippen LogP contribution is -2.48. The van der Waals surface area contributed by atoms with E-state index in [9.17, 15) is 5.11 Å². The summed E-state index contributed by atoms with van der Waals surface area (Å²) in [7, 11) is 2.25. The third kappa shape index (κ3) is 3.94. The van der Waals surface area contributed by atoms with Gasteiger partial charge in [-0.3, -0.25) is 0 Å². The summed E-state index contributed by atoms with van der Waals surface area (Å²) in [6, 6.07) is 1.28. The summed E-state index contributed by atoms with van der Waals surface area (Å²) in [6.45, 7) is 8.04. The van der Waals surface area contributed by atoms with E-state index in [-0.39, 0.29) is 12.1 Å². The maximum absolute atomic E-state index is 9.70. The molecule has 3 atom stereocenters.